The van der Waals surface area contributed by atoms with Gasteiger partial charge in [0.15, 0.2) is 5.96 Å². The smallest absolute Gasteiger partial charge is 0.319 e. The molecule has 1 aliphatic rings. The van der Waals surface area contributed by atoms with Gasteiger partial charge in [-0.15, -0.1) is 0 Å². The molecule has 2 aromatic rings. The fraction of sp³-hybridized carbons (Fsp3) is 0.333. The molecule has 6 heteroatoms. The highest BCUT2D eigenvalue weighted by Crippen LogP contribution is 2.27. The summed E-state index contributed by atoms with van der Waals surface area (Å²) in [5.41, 5.74) is 4.48. The second kappa shape index (κ2) is 8.58. The van der Waals surface area contributed by atoms with Gasteiger partial charge < -0.3 is 20.9 Å². The van der Waals surface area contributed by atoms with Crippen LogP contribution in [-0.2, 0) is 13.0 Å². The first-order valence-corrected chi connectivity index (χ1v) is 9.29. The zero-order chi connectivity index (χ0) is 19.2. The molecule has 0 spiro atoms. The van der Waals surface area contributed by atoms with Crippen LogP contribution < -0.4 is 20.9 Å². The summed E-state index contributed by atoms with van der Waals surface area (Å²) in [5, 5.41) is 9.07. The van der Waals surface area contributed by atoms with Crippen molar-refractivity contribution in [3.05, 3.63) is 59.7 Å². The summed E-state index contributed by atoms with van der Waals surface area (Å²) in [6.45, 7) is 5.47. The maximum Gasteiger partial charge on any atom is 0.319 e. The highest BCUT2D eigenvalue weighted by molar-refractivity contribution is 5.97. The minimum absolute atomic E-state index is 0.107. The van der Waals surface area contributed by atoms with Crippen LogP contribution in [0.3, 0.4) is 0 Å². The Bertz CT molecular complexity index is 814. The Labute approximate surface area is 160 Å². The van der Waals surface area contributed by atoms with E-state index < -0.39 is 0 Å². The van der Waals surface area contributed by atoms with Crippen molar-refractivity contribution in [2.75, 3.05) is 23.8 Å². The van der Waals surface area contributed by atoms with Gasteiger partial charge in [-0.1, -0.05) is 30.3 Å². The van der Waals surface area contributed by atoms with E-state index in [1.54, 1.807) is 0 Å². The maximum absolute atomic E-state index is 11.8. The van der Waals surface area contributed by atoms with Crippen LogP contribution >= 0.6 is 0 Å². The molecule has 0 saturated heterocycles. The summed E-state index contributed by atoms with van der Waals surface area (Å²) in [5.74, 6) is 0.874. The van der Waals surface area contributed by atoms with E-state index in [9.17, 15) is 4.79 Å². The first-order chi connectivity index (χ1) is 13.1. The topological polar surface area (TPSA) is 68.8 Å². The highest BCUT2D eigenvalue weighted by Gasteiger charge is 2.22. The summed E-state index contributed by atoms with van der Waals surface area (Å²) in [6.07, 6.45) is 1.04. The molecule has 27 heavy (non-hydrogen) atoms. The normalized spacial score (nSPS) is 13.5. The molecule has 1 heterocycles. The van der Waals surface area contributed by atoms with Crippen molar-refractivity contribution in [1.29, 1.82) is 0 Å². The predicted molar refractivity (Wildman–Crippen MR) is 111 cm³/mol. The molecular weight excluding hydrogens is 338 g/mol. The van der Waals surface area contributed by atoms with Gasteiger partial charge in [-0.05, 0) is 49.6 Å². The van der Waals surface area contributed by atoms with E-state index in [0.29, 0.717) is 6.54 Å². The first kappa shape index (κ1) is 18.8. The van der Waals surface area contributed by atoms with Gasteiger partial charge >= 0.3 is 6.03 Å². The molecule has 2 amide bonds. The van der Waals surface area contributed by atoms with Gasteiger partial charge in [0.05, 0.1) is 0 Å². The minimum atomic E-state index is -0.191. The van der Waals surface area contributed by atoms with E-state index in [4.69, 9.17) is 0 Å². The summed E-state index contributed by atoms with van der Waals surface area (Å²) in [6, 6.07) is 16.2. The highest BCUT2D eigenvalue weighted by atomic mass is 16.2. The number of nitrogens with zero attached hydrogens (tertiary/aromatic N) is 2. The number of para-hydroxylation sites is 1. The fourth-order valence-corrected chi connectivity index (χ4v) is 3.17. The molecule has 2 aromatic carbocycles. The lowest BCUT2D eigenvalue weighted by Crippen LogP contribution is -2.40. The number of benzene rings is 2. The summed E-state index contributed by atoms with van der Waals surface area (Å²) < 4.78 is 0. The number of hydrogen-bond donors (Lipinski definition) is 3. The van der Waals surface area contributed by atoms with Crippen molar-refractivity contribution in [3.63, 3.8) is 0 Å². The Balaban J connectivity index is 1.57. The molecule has 0 unspecified atom stereocenters. The van der Waals surface area contributed by atoms with Crippen molar-refractivity contribution < 1.29 is 4.79 Å². The number of aliphatic imine (C=N–C) groups is 1. The maximum atomic E-state index is 11.8. The zero-order valence-electron chi connectivity index (χ0n) is 16.1. The second-order valence-corrected chi connectivity index (χ2v) is 6.88. The van der Waals surface area contributed by atoms with Crippen molar-refractivity contribution >= 4 is 23.4 Å². The van der Waals surface area contributed by atoms with Crippen molar-refractivity contribution in [2.45, 2.75) is 32.9 Å². The Morgan fingerprint density at radius 3 is 2.59 bits per heavy atom. The van der Waals surface area contributed by atoms with Crippen LogP contribution in [0.1, 0.15) is 25.0 Å². The lowest BCUT2D eigenvalue weighted by Gasteiger charge is -2.22. The lowest BCUT2D eigenvalue weighted by molar-refractivity contribution is 0.250. The number of nitrogens with one attached hydrogen (secondary N) is 3. The van der Waals surface area contributed by atoms with E-state index in [1.165, 1.54) is 11.3 Å². The number of carbonyl (C=O) groups is 1. The third kappa shape index (κ3) is 4.78. The van der Waals surface area contributed by atoms with Gasteiger partial charge in [0, 0.05) is 37.6 Å². The van der Waals surface area contributed by atoms with E-state index in [2.05, 4.69) is 50.1 Å². The second-order valence-electron chi connectivity index (χ2n) is 6.88. The molecule has 0 aromatic heterocycles. The van der Waals surface area contributed by atoms with Crippen LogP contribution in [0.5, 0.6) is 0 Å². The van der Waals surface area contributed by atoms with Crippen LogP contribution in [0, 0.1) is 0 Å². The largest absolute Gasteiger partial charge is 0.352 e. The molecule has 142 valence electrons. The third-order valence-electron chi connectivity index (χ3n) is 4.44. The number of carbonyl (C=O) groups excluding carboxylic acids is 1. The molecule has 0 atom stereocenters. The Kier molecular flexibility index (Phi) is 5.96. The number of hydrogen-bond acceptors (Lipinski definition) is 2. The minimum Gasteiger partial charge on any atom is -0.352 e. The van der Waals surface area contributed by atoms with Crippen molar-refractivity contribution in [2.24, 2.45) is 4.99 Å². The Hall–Kier alpha value is -3.02. The molecule has 6 nitrogen and oxygen atoms in total. The molecule has 0 saturated carbocycles. The number of amides is 2. The zero-order valence-corrected chi connectivity index (χ0v) is 16.1. The number of anilines is 2. The average Bonchev–Trinajstić information content (AvgIpc) is 3.07. The molecular formula is C21H27N5O. The number of fused-ring (bicyclic) bond motifs is 1. The van der Waals surface area contributed by atoms with Crippen LogP contribution in [0.25, 0.3) is 0 Å². The SMILES string of the molecule is CN=C(NCc1ccc(NC(=O)NC(C)C)cc1)N1CCc2ccccc21. The van der Waals surface area contributed by atoms with E-state index >= 15 is 0 Å². The van der Waals surface area contributed by atoms with Crippen LogP contribution in [-0.4, -0.2) is 31.6 Å². The van der Waals surface area contributed by atoms with Crippen LogP contribution in [0.2, 0.25) is 0 Å². The molecule has 3 N–H and O–H groups in total. The molecule has 0 fully saturated rings. The number of urea groups is 1. The number of rotatable bonds is 4. The fourth-order valence-electron chi connectivity index (χ4n) is 3.17. The van der Waals surface area contributed by atoms with E-state index in [0.717, 1.165) is 30.2 Å². The summed E-state index contributed by atoms with van der Waals surface area (Å²) >= 11 is 0. The number of guanidine groups is 1. The monoisotopic (exact) mass is 365 g/mol. The predicted octanol–water partition coefficient (Wildman–Crippen LogP) is 3.35. The Morgan fingerprint density at radius 1 is 1.15 bits per heavy atom. The van der Waals surface area contributed by atoms with Gasteiger partial charge in [-0.25, -0.2) is 4.79 Å². The quantitative estimate of drug-likeness (QED) is 0.575. The molecule has 1 aliphatic heterocycles. The first-order valence-electron chi connectivity index (χ1n) is 9.29. The molecule has 0 radical (unpaired) electrons. The van der Waals surface area contributed by atoms with Crippen molar-refractivity contribution in [1.82, 2.24) is 10.6 Å². The van der Waals surface area contributed by atoms with Gasteiger partial charge in [-0.3, -0.25) is 4.99 Å². The van der Waals surface area contributed by atoms with Gasteiger partial charge in [0.2, 0.25) is 0 Å². The van der Waals surface area contributed by atoms with Gasteiger partial charge in [-0.2, -0.15) is 0 Å². The Morgan fingerprint density at radius 2 is 1.89 bits per heavy atom. The third-order valence-corrected chi connectivity index (χ3v) is 4.44. The molecule has 3 rings (SSSR count). The molecule has 0 aliphatic carbocycles. The van der Waals surface area contributed by atoms with Gasteiger partial charge in [0.1, 0.15) is 0 Å². The standard InChI is InChI=1S/C21H27N5O/c1-15(2)24-21(27)25-18-10-8-16(9-11-18)14-23-20(22-3)26-13-12-17-6-4-5-7-19(17)26/h4-11,15H,12-14H2,1-3H3,(H,22,23)(H2,24,25,27). The van der Waals surface area contributed by atoms with Gasteiger partial charge in [0.25, 0.3) is 0 Å². The van der Waals surface area contributed by atoms with Crippen LogP contribution in [0.15, 0.2) is 53.5 Å². The summed E-state index contributed by atoms with van der Waals surface area (Å²) in [7, 11) is 1.81. The summed E-state index contributed by atoms with van der Waals surface area (Å²) in [4.78, 5) is 18.4. The van der Waals surface area contributed by atoms with E-state index in [-0.39, 0.29) is 12.1 Å². The molecule has 0 bridgehead atoms. The lowest BCUT2D eigenvalue weighted by atomic mass is 10.2. The van der Waals surface area contributed by atoms with Crippen LogP contribution in [0.4, 0.5) is 16.2 Å². The van der Waals surface area contributed by atoms with E-state index in [1.807, 2.05) is 45.2 Å². The average molecular weight is 365 g/mol. The van der Waals surface area contributed by atoms with Crippen molar-refractivity contribution in [3.8, 4) is 0 Å².